The number of hydrogen-bond donors (Lipinski definition) is 0. The predicted octanol–water partition coefficient (Wildman–Crippen LogP) is 3.18. The van der Waals surface area contributed by atoms with Gasteiger partial charge in [-0.1, -0.05) is 35.5 Å². The Morgan fingerprint density at radius 1 is 1.10 bits per heavy atom. The van der Waals surface area contributed by atoms with Crippen LogP contribution in [0.5, 0.6) is 0 Å². The smallest absolute Gasteiger partial charge is 0.237 e. The summed E-state index contributed by atoms with van der Waals surface area (Å²) >= 11 is 0. The van der Waals surface area contributed by atoms with Crippen molar-refractivity contribution in [2.24, 2.45) is 0 Å². The van der Waals surface area contributed by atoms with Gasteiger partial charge in [0, 0.05) is 7.11 Å². The second kappa shape index (κ2) is 4.16. The Morgan fingerprint density at radius 3 is 2.40 bits per heavy atom. The third-order valence-electron chi connectivity index (χ3n) is 4.87. The van der Waals surface area contributed by atoms with Gasteiger partial charge in [-0.2, -0.15) is 4.98 Å². The number of benzene rings is 1. The van der Waals surface area contributed by atoms with Crippen molar-refractivity contribution < 1.29 is 9.26 Å². The molecule has 0 saturated heterocycles. The van der Waals surface area contributed by atoms with Gasteiger partial charge in [0.1, 0.15) is 5.60 Å². The fourth-order valence-electron chi connectivity index (χ4n) is 3.13. The first-order valence-corrected chi connectivity index (χ1v) is 7.24. The van der Waals surface area contributed by atoms with Gasteiger partial charge in [-0.15, -0.1) is 0 Å². The monoisotopic (exact) mass is 270 g/mol. The average Bonchev–Trinajstić information content (AvgIpc) is 3.12. The Kier molecular flexibility index (Phi) is 2.51. The van der Waals surface area contributed by atoms with Gasteiger partial charge in [-0.25, -0.2) is 0 Å². The van der Waals surface area contributed by atoms with E-state index in [1.54, 1.807) is 7.11 Å². The lowest BCUT2D eigenvalue weighted by Crippen LogP contribution is -2.37. The van der Waals surface area contributed by atoms with Crippen LogP contribution in [0.4, 0.5) is 0 Å². The van der Waals surface area contributed by atoms with Gasteiger partial charge in [0.05, 0.1) is 5.41 Å². The summed E-state index contributed by atoms with van der Waals surface area (Å²) in [5.74, 6) is 1.48. The third-order valence-corrected chi connectivity index (χ3v) is 4.87. The summed E-state index contributed by atoms with van der Waals surface area (Å²) in [6, 6.07) is 10.5. The van der Waals surface area contributed by atoms with Crippen LogP contribution in [0.3, 0.4) is 0 Å². The van der Waals surface area contributed by atoms with Crippen LogP contribution in [0, 0.1) is 0 Å². The van der Waals surface area contributed by atoms with E-state index >= 15 is 0 Å². The van der Waals surface area contributed by atoms with Crippen LogP contribution in [-0.4, -0.2) is 17.3 Å². The molecule has 0 spiro atoms. The van der Waals surface area contributed by atoms with Crippen LogP contribution in [0.15, 0.2) is 34.9 Å². The van der Waals surface area contributed by atoms with E-state index in [4.69, 9.17) is 9.26 Å². The van der Waals surface area contributed by atoms with Gasteiger partial charge >= 0.3 is 0 Å². The van der Waals surface area contributed by atoms with Crippen molar-refractivity contribution in [3.8, 4) is 0 Å². The highest BCUT2D eigenvalue weighted by molar-refractivity contribution is 5.38. The maximum absolute atomic E-state index is 5.63. The van der Waals surface area contributed by atoms with Gasteiger partial charge in [0.25, 0.3) is 0 Å². The van der Waals surface area contributed by atoms with Crippen LogP contribution in [-0.2, 0) is 15.8 Å². The summed E-state index contributed by atoms with van der Waals surface area (Å²) in [6.45, 7) is 0. The van der Waals surface area contributed by atoms with Crippen LogP contribution >= 0.6 is 0 Å². The number of rotatable bonds is 4. The Bertz CT molecular complexity index is 607. The second-order valence-corrected chi connectivity index (χ2v) is 5.92. The molecule has 0 unspecified atom stereocenters. The molecule has 20 heavy (non-hydrogen) atoms. The Hall–Kier alpha value is -1.68. The molecule has 0 amide bonds. The van der Waals surface area contributed by atoms with Gasteiger partial charge in [-0.3, -0.25) is 0 Å². The van der Waals surface area contributed by atoms with Crippen molar-refractivity contribution in [1.29, 1.82) is 0 Å². The quantitative estimate of drug-likeness (QED) is 0.856. The number of methoxy groups -OCH3 is 1. The molecule has 4 rings (SSSR count). The summed E-state index contributed by atoms with van der Waals surface area (Å²) in [5, 5.41) is 4.20. The van der Waals surface area contributed by atoms with Crippen LogP contribution in [0.1, 0.15) is 49.4 Å². The molecule has 4 nitrogen and oxygen atoms in total. The van der Waals surface area contributed by atoms with Crippen LogP contribution in [0.25, 0.3) is 0 Å². The molecule has 1 heterocycles. The predicted molar refractivity (Wildman–Crippen MR) is 73.3 cm³/mol. The van der Waals surface area contributed by atoms with E-state index < -0.39 is 0 Å². The molecule has 0 atom stereocenters. The SMILES string of the molecule is COC1(c2noc(C3(c4ccccc4)CC3)n2)CCC1. The number of ether oxygens (including phenoxy) is 1. The lowest BCUT2D eigenvalue weighted by Gasteiger charge is -2.37. The molecule has 4 heteroatoms. The minimum atomic E-state index is -0.297. The molecule has 104 valence electrons. The second-order valence-electron chi connectivity index (χ2n) is 5.92. The molecule has 0 aliphatic heterocycles. The number of hydrogen-bond acceptors (Lipinski definition) is 4. The zero-order valence-corrected chi connectivity index (χ0v) is 11.6. The molecular weight excluding hydrogens is 252 g/mol. The molecular formula is C16H18N2O2. The summed E-state index contributed by atoms with van der Waals surface area (Å²) in [5.41, 5.74) is 0.926. The minimum Gasteiger partial charge on any atom is -0.370 e. The molecule has 1 aromatic heterocycles. The first-order valence-electron chi connectivity index (χ1n) is 7.24. The summed E-state index contributed by atoms with van der Waals surface area (Å²) < 4.78 is 11.2. The van der Waals surface area contributed by atoms with Crippen LogP contribution in [0.2, 0.25) is 0 Å². The maximum atomic E-state index is 5.63. The highest BCUT2D eigenvalue weighted by Crippen LogP contribution is 2.53. The molecule has 0 N–H and O–H groups in total. The fourth-order valence-corrected chi connectivity index (χ4v) is 3.13. The highest BCUT2D eigenvalue weighted by atomic mass is 16.5. The topological polar surface area (TPSA) is 48.2 Å². The Morgan fingerprint density at radius 2 is 1.85 bits per heavy atom. The maximum Gasteiger partial charge on any atom is 0.237 e. The van der Waals surface area contributed by atoms with E-state index in [0.29, 0.717) is 0 Å². The minimum absolute atomic E-state index is 0.0504. The van der Waals surface area contributed by atoms with Crippen molar-refractivity contribution in [1.82, 2.24) is 10.1 Å². The van der Waals surface area contributed by atoms with Gasteiger partial charge in [0.2, 0.25) is 11.7 Å². The van der Waals surface area contributed by atoms with E-state index in [1.165, 1.54) is 12.0 Å². The fraction of sp³-hybridized carbons (Fsp3) is 0.500. The van der Waals surface area contributed by atoms with Crippen molar-refractivity contribution in [2.75, 3.05) is 7.11 Å². The zero-order valence-electron chi connectivity index (χ0n) is 11.6. The van der Waals surface area contributed by atoms with Crippen molar-refractivity contribution in [3.63, 3.8) is 0 Å². The Balaban J connectivity index is 1.69. The lowest BCUT2D eigenvalue weighted by molar-refractivity contribution is -0.0858. The Labute approximate surface area is 118 Å². The molecule has 1 aromatic carbocycles. The van der Waals surface area contributed by atoms with E-state index in [-0.39, 0.29) is 11.0 Å². The highest BCUT2D eigenvalue weighted by Gasteiger charge is 2.52. The largest absolute Gasteiger partial charge is 0.370 e. The lowest BCUT2D eigenvalue weighted by atomic mass is 9.79. The summed E-state index contributed by atoms with van der Waals surface area (Å²) in [6.07, 6.45) is 5.31. The first kappa shape index (κ1) is 12.1. The standard InChI is InChI=1S/C16H18N2O2/c1-19-16(8-5-9-16)13-17-14(20-18-13)15(10-11-15)12-6-3-2-4-7-12/h2-4,6-7H,5,8-11H2,1H3. The van der Waals surface area contributed by atoms with E-state index in [9.17, 15) is 0 Å². The van der Waals surface area contributed by atoms with E-state index in [1.807, 2.05) is 6.07 Å². The average molecular weight is 270 g/mol. The normalized spacial score (nSPS) is 22.2. The molecule has 2 aromatic rings. The van der Waals surface area contributed by atoms with Crippen molar-refractivity contribution in [2.45, 2.75) is 43.1 Å². The third kappa shape index (κ3) is 1.57. The van der Waals surface area contributed by atoms with Crippen LogP contribution < -0.4 is 0 Å². The van der Waals surface area contributed by atoms with E-state index in [2.05, 4.69) is 34.4 Å². The molecule has 2 fully saturated rings. The van der Waals surface area contributed by atoms with Crippen molar-refractivity contribution >= 4 is 0 Å². The van der Waals surface area contributed by atoms with Crippen molar-refractivity contribution in [3.05, 3.63) is 47.6 Å². The molecule has 0 radical (unpaired) electrons. The van der Waals surface area contributed by atoms with E-state index in [0.717, 1.165) is 37.4 Å². The number of nitrogens with zero attached hydrogens (tertiary/aromatic N) is 2. The first-order chi connectivity index (χ1) is 9.79. The number of aromatic nitrogens is 2. The molecule has 2 saturated carbocycles. The van der Waals surface area contributed by atoms with Gasteiger partial charge < -0.3 is 9.26 Å². The van der Waals surface area contributed by atoms with Gasteiger partial charge in [0.15, 0.2) is 0 Å². The van der Waals surface area contributed by atoms with Gasteiger partial charge in [-0.05, 0) is 37.7 Å². The molecule has 2 aliphatic rings. The summed E-state index contributed by atoms with van der Waals surface area (Å²) in [4.78, 5) is 4.68. The molecule has 0 bridgehead atoms. The summed E-state index contributed by atoms with van der Waals surface area (Å²) in [7, 11) is 1.74. The molecule has 2 aliphatic carbocycles. The zero-order chi connectivity index (χ0) is 13.6.